The van der Waals surface area contributed by atoms with E-state index in [1.54, 1.807) is 0 Å². The van der Waals surface area contributed by atoms with Gasteiger partial charge in [0.2, 0.25) is 0 Å². The number of amides is 1. The number of hydrogen-bond acceptors (Lipinski definition) is 3. The zero-order chi connectivity index (χ0) is 18.1. The fourth-order valence-electron chi connectivity index (χ4n) is 3.74. The molecule has 1 unspecified atom stereocenters. The number of aryl methyl sites for hydroxylation is 1. The largest absolute Gasteiger partial charge is 0.334 e. The smallest absolute Gasteiger partial charge is 0.272 e. The van der Waals surface area contributed by atoms with Crippen molar-refractivity contribution < 1.29 is 4.79 Å². The van der Waals surface area contributed by atoms with Gasteiger partial charge in [-0.2, -0.15) is 5.10 Å². The first-order chi connectivity index (χ1) is 12.6. The quantitative estimate of drug-likeness (QED) is 0.792. The van der Waals surface area contributed by atoms with Crippen LogP contribution in [0.25, 0.3) is 10.9 Å². The van der Waals surface area contributed by atoms with Crippen molar-refractivity contribution in [2.75, 3.05) is 26.7 Å². The summed E-state index contributed by atoms with van der Waals surface area (Å²) in [6.45, 7) is 4.38. The van der Waals surface area contributed by atoms with Gasteiger partial charge in [0.05, 0.1) is 5.52 Å². The summed E-state index contributed by atoms with van der Waals surface area (Å²) in [5.74, 6) is 0.0456. The minimum absolute atomic E-state index is 0.0456. The van der Waals surface area contributed by atoms with Crippen LogP contribution in [-0.2, 0) is 6.42 Å². The van der Waals surface area contributed by atoms with E-state index in [4.69, 9.17) is 0 Å². The molecule has 0 bridgehead atoms. The van der Waals surface area contributed by atoms with E-state index in [-0.39, 0.29) is 5.91 Å². The van der Waals surface area contributed by atoms with E-state index >= 15 is 0 Å². The number of aromatic amines is 1. The molecule has 2 aromatic carbocycles. The lowest BCUT2D eigenvalue weighted by Crippen LogP contribution is -2.54. The van der Waals surface area contributed by atoms with Crippen molar-refractivity contribution in [3.8, 4) is 0 Å². The Kier molecular flexibility index (Phi) is 4.47. The molecule has 26 heavy (non-hydrogen) atoms. The molecule has 1 aliphatic heterocycles. The molecule has 0 spiro atoms. The van der Waals surface area contributed by atoms with Gasteiger partial charge in [-0.15, -0.1) is 0 Å². The van der Waals surface area contributed by atoms with E-state index < -0.39 is 0 Å². The molecule has 5 nitrogen and oxygen atoms in total. The van der Waals surface area contributed by atoms with Gasteiger partial charge in [-0.3, -0.25) is 14.8 Å². The van der Waals surface area contributed by atoms with Gasteiger partial charge in [-0.1, -0.05) is 48.5 Å². The third-order valence-corrected chi connectivity index (χ3v) is 5.38. The zero-order valence-electron chi connectivity index (χ0n) is 15.3. The van der Waals surface area contributed by atoms with E-state index in [1.165, 1.54) is 5.56 Å². The van der Waals surface area contributed by atoms with Crippen molar-refractivity contribution in [2.45, 2.75) is 19.4 Å². The van der Waals surface area contributed by atoms with E-state index in [1.807, 2.05) is 36.1 Å². The Morgan fingerprint density at radius 3 is 2.77 bits per heavy atom. The molecule has 0 saturated carbocycles. The monoisotopic (exact) mass is 348 g/mol. The van der Waals surface area contributed by atoms with Gasteiger partial charge in [0.1, 0.15) is 5.69 Å². The van der Waals surface area contributed by atoms with Crippen LogP contribution < -0.4 is 0 Å². The van der Waals surface area contributed by atoms with E-state index in [9.17, 15) is 4.79 Å². The molecule has 134 valence electrons. The standard InChI is InChI=1S/C21H24N4O/c1-15-7-6-10-18-19(15)22-23-20(18)21(26)25-12-11-24(2)17(14-25)13-16-8-4-3-5-9-16/h3-10,17H,11-14H2,1-2H3,(H,22,23). The second kappa shape index (κ2) is 6.92. The second-order valence-corrected chi connectivity index (χ2v) is 7.15. The van der Waals surface area contributed by atoms with Crippen LogP contribution in [0.5, 0.6) is 0 Å². The molecule has 5 heteroatoms. The van der Waals surface area contributed by atoms with E-state index in [0.29, 0.717) is 11.7 Å². The number of nitrogens with zero attached hydrogens (tertiary/aromatic N) is 3. The Morgan fingerprint density at radius 1 is 1.15 bits per heavy atom. The topological polar surface area (TPSA) is 52.2 Å². The van der Waals surface area contributed by atoms with Gasteiger partial charge in [-0.05, 0) is 31.5 Å². The first-order valence-corrected chi connectivity index (χ1v) is 9.10. The number of carbonyl (C=O) groups is 1. The van der Waals surface area contributed by atoms with Crippen molar-refractivity contribution in [3.63, 3.8) is 0 Å². The van der Waals surface area contributed by atoms with Crippen LogP contribution in [0, 0.1) is 6.92 Å². The van der Waals surface area contributed by atoms with Crippen molar-refractivity contribution in [3.05, 3.63) is 65.4 Å². The van der Waals surface area contributed by atoms with Crippen LogP contribution in [0.3, 0.4) is 0 Å². The van der Waals surface area contributed by atoms with Crippen molar-refractivity contribution in [2.24, 2.45) is 0 Å². The van der Waals surface area contributed by atoms with E-state index in [2.05, 4.69) is 46.4 Å². The summed E-state index contributed by atoms with van der Waals surface area (Å²) in [5, 5.41) is 8.24. The van der Waals surface area contributed by atoms with Gasteiger partial charge in [-0.25, -0.2) is 0 Å². The van der Waals surface area contributed by atoms with Crippen LogP contribution >= 0.6 is 0 Å². The summed E-state index contributed by atoms with van der Waals surface area (Å²) in [7, 11) is 2.14. The predicted octanol–water partition coefficient (Wildman–Crippen LogP) is 2.87. The van der Waals surface area contributed by atoms with Crippen LogP contribution in [-0.4, -0.2) is 58.6 Å². The molecular formula is C21H24N4O. The lowest BCUT2D eigenvalue weighted by atomic mass is 10.0. The summed E-state index contributed by atoms with van der Waals surface area (Å²) in [6.07, 6.45) is 0.948. The van der Waals surface area contributed by atoms with Crippen molar-refractivity contribution in [1.29, 1.82) is 0 Å². The van der Waals surface area contributed by atoms with Crippen LogP contribution in [0.4, 0.5) is 0 Å². The van der Waals surface area contributed by atoms with Gasteiger partial charge in [0.25, 0.3) is 5.91 Å². The van der Waals surface area contributed by atoms with Crippen molar-refractivity contribution >= 4 is 16.8 Å². The van der Waals surface area contributed by atoms with Gasteiger partial charge >= 0.3 is 0 Å². The molecule has 1 aliphatic rings. The highest BCUT2D eigenvalue weighted by molar-refractivity contribution is 6.05. The number of H-pyrrole nitrogens is 1. The summed E-state index contributed by atoms with van der Waals surface area (Å²) in [5.41, 5.74) is 3.87. The second-order valence-electron chi connectivity index (χ2n) is 7.15. The highest BCUT2D eigenvalue weighted by atomic mass is 16.2. The number of hydrogen-bond donors (Lipinski definition) is 1. The van der Waals surface area contributed by atoms with Crippen LogP contribution in [0.15, 0.2) is 48.5 Å². The number of likely N-dealkylation sites (N-methyl/N-ethyl adjacent to an activating group) is 1. The van der Waals surface area contributed by atoms with Crippen LogP contribution in [0.1, 0.15) is 21.6 Å². The maximum absolute atomic E-state index is 13.1. The number of nitrogens with one attached hydrogen (secondary N) is 1. The maximum atomic E-state index is 13.1. The molecule has 1 atom stereocenters. The Balaban J connectivity index is 1.55. The fraction of sp³-hybridized carbons (Fsp3) is 0.333. The summed E-state index contributed by atoms with van der Waals surface area (Å²) in [4.78, 5) is 17.4. The molecule has 1 amide bonds. The predicted molar refractivity (Wildman–Crippen MR) is 103 cm³/mol. The maximum Gasteiger partial charge on any atom is 0.272 e. The minimum atomic E-state index is 0.0456. The average Bonchev–Trinajstić information content (AvgIpc) is 3.09. The Bertz CT molecular complexity index is 918. The molecule has 1 fully saturated rings. The highest BCUT2D eigenvalue weighted by Crippen LogP contribution is 2.22. The van der Waals surface area contributed by atoms with E-state index in [0.717, 1.165) is 42.5 Å². The molecule has 2 heterocycles. The summed E-state index contributed by atoms with van der Waals surface area (Å²) in [6, 6.07) is 16.8. The fourth-order valence-corrected chi connectivity index (χ4v) is 3.74. The zero-order valence-corrected chi connectivity index (χ0v) is 15.3. The number of piperazine rings is 1. The average molecular weight is 348 g/mol. The number of aromatic nitrogens is 2. The summed E-state index contributed by atoms with van der Waals surface area (Å²) >= 11 is 0. The van der Waals surface area contributed by atoms with Crippen molar-refractivity contribution in [1.82, 2.24) is 20.0 Å². The normalized spacial score (nSPS) is 18.4. The number of benzene rings is 2. The molecule has 0 aliphatic carbocycles. The Hall–Kier alpha value is -2.66. The van der Waals surface area contributed by atoms with Gasteiger partial charge < -0.3 is 4.90 Å². The SMILES string of the molecule is Cc1cccc2c(C(=O)N3CCN(C)C(Cc4ccccc4)C3)[nH]nc12. The number of carbonyl (C=O) groups excluding carboxylic acids is 1. The minimum Gasteiger partial charge on any atom is -0.334 e. The van der Waals surface area contributed by atoms with Gasteiger partial charge in [0, 0.05) is 31.1 Å². The lowest BCUT2D eigenvalue weighted by molar-refractivity contribution is 0.0544. The number of para-hydroxylation sites is 1. The Morgan fingerprint density at radius 2 is 1.96 bits per heavy atom. The molecule has 4 rings (SSSR count). The first kappa shape index (κ1) is 16.8. The lowest BCUT2D eigenvalue weighted by Gasteiger charge is -2.39. The summed E-state index contributed by atoms with van der Waals surface area (Å²) < 4.78 is 0. The number of fused-ring (bicyclic) bond motifs is 1. The Labute approximate surface area is 153 Å². The third kappa shape index (κ3) is 3.10. The number of rotatable bonds is 3. The molecule has 1 aromatic heterocycles. The first-order valence-electron chi connectivity index (χ1n) is 9.10. The molecule has 3 aromatic rings. The molecule has 0 radical (unpaired) electrons. The van der Waals surface area contributed by atoms with Crippen LogP contribution in [0.2, 0.25) is 0 Å². The molecule has 1 N–H and O–H groups in total. The highest BCUT2D eigenvalue weighted by Gasteiger charge is 2.29. The molecular weight excluding hydrogens is 324 g/mol. The van der Waals surface area contributed by atoms with Gasteiger partial charge in [0.15, 0.2) is 0 Å². The third-order valence-electron chi connectivity index (χ3n) is 5.38. The molecule has 1 saturated heterocycles.